The Morgan fingerprint density at radius 3 is 2.86 bits per heavy atom. The lowest BCUT2D eigenvalue weighted by molar-refractivity contribution is 0.599. The first-order valence-electron chi connectivity index (χ1n) is 2.77. The number of nitrogens with one attached hydrogen (secondary N) is 1. The molecule has 1 rings (SSSR count). The molecule has 0 saturated heterocycles. The molecule has 0 bridgehead atoms. The first-order chi connectivity index (χ1) is 3.39. The minimum Gasteiger partial charge on any atom is -0.313 e. The molecule has 0 amide bonds. The zero-order valence-corrected chi connectivity index (χ0v) is 4.65. The summed E-state index contributed by atoms with van der Waals surface area (Å²) in [4.78, 5) is 0. The molecule has 0 saturated carbocycles. The maximum absolute atomic E-state index is 3.25. The van der Waals surface area contributed by atoms with Gasteiger partial charge in [-0.1, -0.05) is 19.1 Å². The fourth-order valence-corrected chi connectivity index (χ4v) is 0.763. The molecular weight excluding hydrogens is 86.1 g/mol. The first kappa shape index (κ1) is 4.85. The highest BCUT2D eigenvalue weighted by molar-refractivity contribution is 4.93. The van der Waals surface area contributed by atoms with Gasteiger partial charge in [0.25, 0.3) is 0 Å². The van der Waals surface area contributed by atoms with Crippen LogP contribution in [0.2, 0.25) is 0 Å². The molecule has 1 nitrogen and oxygen atoms in total. The fraction of sp³-hybridized carbons (Fsp3) is 0.667. The van der Waals surface area contributed by atoms with Gasteiger partial charge in [-0.15, -0.1) is 0 Å². The molecule has 0 spiro atoms. The molecule has 1 N–H and O–H groups in total. The Labute approximate surface area is 44.4 Å². The molecule has 1 atom stereocenters. The van der Waals surface area contributed by atoms with Crippen LogP contribution in [0.15, 0.2) is 12.2 Å². The summed E-state index contributed by atoms with van der Waals surface area (Å²) in [6, 6.07) is 0. The van der Waals surface area contributed by atoms with Gasteiger partial charge in [-0.05, 0) is 5.92 Å². The summed E-state index contributed by atoms with van der Waals surface area (Å²) in [5.41, 5.74) is 0. The molecule has 40 valence electrons. The van der Waals surface area contributed by atoms with Crippen molar-refractivity contribution in [2.24, 2.45) is 5.92 Å². The molecule has 1 aliphatic heterocycles. The van der Waals surface area contributed by atoms with Gasteiger partial charge in [-0.2, -0.15) is 0 Å². The average molecular weight is 97.2 g/mol. The maximum Gasteiger partial charge on any atom is 0.0135 e. The molecule has 0 radical (unpaired) electrons. The maximum atomic E-state index is 3.25. The Hall–Kier alpha value is -0.300. The molecule has 1 aliphatic rings. The van der Waals surface area contributed by atoms with E-state index in [9.17, 15) is 0 Å². The van der Waals surface area contributed by atoms with Gasteiger partial charge in [-0.25, -0.2) is 0 Å². The van der Waals surface area contributed by atoms with Crippen LogP contribution in [-0.4, -0.2) is 13.1 Å². The second-order valence-electron chi connectivity index (χ2n) is 2.06. The Bertz CT molecular complexity index is 76.2. The molecule has 0 aromatic heterocycles. The number of hydrogen-bond acceptors (Lipinski definition) is 1. The zero-order valence-electron chi connectivity index (χ0n) is 4.65. The van der Waals surface area contributed by atoms with Gasteiger partial charge < -0.3 is 5.32 Å². The van der Waals surface area contributed by atoms with Crippen LogP contribution in [0.5, 0.6) is 0 Å². The van der Waals surface area contributed by atoms with Crippen molar-refractivity contribution in [3.8, 4) is 0 Å². The minimum atomic E-state index is 0.744. The van der Waals surface area contributed by atoms with Crippen LogP contribution in [0.3, 0.4) is 0 Å². The van der Waals surface area contributed by atoms with E-state index in [2.05, 4.69) is 24.4 Å². The Kier molecular flexibility index (Phi) is 1.47. The highest BCUT2D eigenvalue weighted by Gasteiger charge is 1.97. The van der Waals surface area contributed by atoms with E-state index in [1.54, 1.807) is 0 Å². The summed E-state index contributed by atoms with van der Waals surface area (Å²) in [6.45, 7) is 4.42. The number of hydrogen-bond donors (Lipinski definition) is 1. The van der Waals surface area contributed by atoms with Gasteiger partial charge in [0.05, 0.1) is 0 Å². The summed E-state index contributed by atoms with van der Waals surface area (Å²) in [5, 5.41) is 3.25. The Balaban J connectivity index is 2.36. The van der Waals surface area contributed by atoms with Crippen molar-refractivity contribution in [2.75, 3.05) is 13.1 Å². The highest BCUT2D eigenvalue weighted by Crippen LogP contribution is 1.97. The van der Waals surface area contributed by atoms with Gasteiger partial charge in [0.1, 0.15) is 0 Å². The van der Waals surface area contributed by atoms with Crippen LogP contribution in [0, 0.1) is 5.92 Å². The highest BCUT2D eigenvalue weighted by atomic mass is 14.9. The van der Waals surface area contributed by atoms with E-state index in [-0.39, 0.29) is 0 Å². The van der Waals surface area contributed by atoms with Gasteiger partial charge in [0.15, 0.2) is 0 Å². The summed E-state index contributed by atoms with van der Waals surface area (Å²) in [6.07, 6.45) is 4.42. The summed E-state index contributed by atoms with van der Waals surface area (Å²) < 4.78 is 0. The van der Waals surface area contributed by atoms with Crippen molar-refractivity contribution in [1.82, 2.24) is 5.32 Å². The molecule has 1 heteroatoms. The van der Waals surface area contributed by atoms with Crippen molar-refractivity contribution >= 4 is 0 Å². The van der Waals surface area contributed by atoms with E-state index in [1.165, 1.54) is 0 Å². The lowest BCUT2D eigenvalue weighted by Gasteiger charge is -2.10. The van der Waals surface area contributed by atoms with Crippen molar-refractivity contribution in [3.63, 3.8) is 0 Å². The smallest absolute Gasteiger partial charge is 0.0135 e. The average Bonchev–Trinajstić information content (AvgIpc) is 1.69. The van der Waals surface area contributed by atoms with E-state index >= 15 is 0 Å². The second-order valence-corrected chi connectivity index (χ2v) is 2.06. The normalized spacial score (nSPS) is 30.7. The van der Waals surface area contributed by atoms with Crippen molar-refractivity contribution in [2.45, 2.75) is 6.92 Å². The van der Waals surface area contributed by atoms with Gasteiger partial charge in [0, 0.05) is 13.1 Å². The SMILES string of the molecule is CC1C=CCNC1. The van der Waals surface area contributed by atoms with Crippen LogP contribution in [0.25, 0.3) is 0 Å². The third-order valence-corrected chi connectivity index (χ3v) is 1.19. The monoisotopic (exact) mass is 97.1 g/mol. The van der Waals surface area contributed by atoms with E-state index in [0.717, 1.165) is 19.0 Å². The number of rotatable bonds is 0. The largest absolute Gasteiger partial charge is 0.313 e. The summed E-state index contributed by atoms with van der Waals surface area (Å²) >= 11 is 0. The van der Waals surface area contributed by atoms with Gasteiger partial charge in [-0.3, -0.25) is 0 Å². The predicted octanol–water partition coefficient (Wildman–Crippen LogP) is 0.782. The van der Waals surface area contributed by atoms with Crippen LogP contribution < -0.4 is 5.32 Å². The van der Waals surface area contributed by atoms with E-state index < -0.39 is 0 Å². The molecule has 0 aromatic carbocycles. The molecule has 0 fully saturated rings. The summed E-state index contributed by atoms with van der Waals surface area (Å²) in [7, 11) is 0. The zero-order chi connectivity index (χ0) is 5.11. The topological polar surface area (TPSA) is 12.0 Å². The molecular formula is C6H11N. The Morgan fingerprint density at radius 2 is 2.57 bits per heavy atom. The van der Waals surface area contributed by atoms with E-state index in [0.29, 0.717) is 0 Å². The minimum absolute atomic E-state index is 0.744. The van der Waals surface area contributed by atoms with Crippen LogP contribution in [0.1, 0.15) is 6.92 Å². The molecule has 1 heterocycles. The van der Waals surface area contributed by atoms with Crippen molar-refractivity contribution in [3.05, 3.63) is 12.2 Å². The van der Waals surface area contributed by atoms with Crippen LogP contribution in [0.4, 0.5) is 0 Å². The third-order valence-electron chi connectivity index (χ3n) is 1.19. The predicted molar refractivity (Wildman–Crippen MR) is 31.2 cm³/mol. The van der Waals surface area contributed by atoms with Crippen LogP contribution in [-0.2, 0) is 0 Å². The van der Waals surface area contributed by atoms with Gasteiger partial charge in [0.2, 0.25) is 0 Å². The lowest BCUT2D eigenvalue weighted by atomic mass is 10.1. The molecule has 1 unspecified atom stereocenters. The fourth-order valence-electron chi connectivity index (χ4n) is 0.763. The van der Waals surface area contributed by atoms with Crippen molar-refractivity contribution in [1.29, 1.82) is 0 Å². The molecule has 0 aliphatic carbocycles. The lowest BCUT2D eigenvalue weighted by Crippen LogP contribution is -2.23. The molecule has 0 aromatic rings. The van der Waals surface area contributed by atoms with Gasteiger partial charge >= 0.3 is 0 Å². The van der Waals surface area contributed by atoms with E-state index in [1.807, 2.05) is 0 Å². The molecule has 7 heavy (non-hydrogen) atoms. The quantitative estimate of drug-likeness (QED) is 0.440. The standard InChI is InChI=1S/C6H11N/c1-6-3-2-4-7-5-6/h2-3,6-7H,4-5H2,1H3. The van der Waals surface area contributed by atoms with Crippen molar-refractivity contribution < 1.29 is 0 Å². The summed E-state index contributed by atoms with van der Waals surface area (Å²) in [5.74, 6) is 0.744. The third kappa shape index (κ3) is 1.32. The van der Waals surface area contributed by atoms with Crippen LogP contribution >= 0.6 is 0 Å². The van der Waals surface area contributed by atoms with E-state index in [4.69, 9.17) is 0 Å². The first-order valence-corrected chi connectivity index (χ1v) is 2.77. The Morgan fingerprint density at radius 1 is 1.71 bits per heavy atom. The second kappa shape index (κ2) is 2.12.